The number of methoxy groups -OCH3 is 1. The number of quaternary nitrogens is 1. The van der Waals surface area contributed by atoms with E-state index >= 15 is 0 Å². The Morgan fingerprint density at radius 3 is 2.19 bits per heavy atom. The molecule has 83 heavy (non-hydrogen) atoms. The van der Waals surface area contributed by atoms with Crippen molar-refractivity contribution in [2.45, 2.75) is 132 Å². The minimum atomic E-state index is -1.95. The summed E-state index contributed by atoms with van der Waals surface area (Å²) in [6.45, 7) is 11.8. The lowest BCUT2D eigenvalue weighted by Crippen LogP contribution is -2.66. The average molecular weight is 1230 g/mol. The molecule has 5 aliphatic heterocycles. The van der Waals surface area contributed by atoms with Gasteiger partial charge < -0.3 is 93.2 Å². The summed E-state index contributed by atoms with van der Waals surface area (Å²) in [5.41, 5.74) is -0.525. The van der Waals surface area contributed by atoms with Crippen molar-refractivity contribution in [1.82, 2.24) is 9.80 Å². The van der Waals surface area contributed by atoms with Crippen molar-refractivity contribution in [1.29, 1.82) is 0 Å². The number of nitrogens with zero attached hydrogens (tertiary/aromatic N) is 3. The molecule has 1 aliphatic carbocycles. The molecule has 0 bridgehead atoms. The van der Waals surface area contributed by atoms with E-state index in [-0.39, 0.29) is 58.2 Å². The van der Waals surface area contributed by atoms with Crippen molar-refractivity contribution in [2.75, 3.05) is 97.9 Å². The summed E-state index contributed by atoms with van der Waals surface area (Å²) >= 11 is 18.5. The Morgan fingerprint density at radius 1 is 0.855 bits per heavy atom. The standard InChI is InChI=1S/C56H78Cl2N4O20S/c1-8-61(9-2)28-62(10-3,27-57)18-20-74-50-46(70)47(41(25-64)78-53(50)72-7)80-52-45(69)44(68)48(81-54-49(73-19-17-60(6)30(5)58)43(67)29(4)40(24-63)77-54)42(79-52)26-75-55(83)59-31-11-14-35-34(21-31)51(71)82-56(35)36-15-12-32(65)22-38(36)76-39-23-33(66)13-16-37(39)56/h11-16,21-23,29-30,36,40-50,52-54,63-64,67-70H,8-10,17-20,24-28H2,1-7H3,(H-,59,66,83)/p+1/t29-,30?,36?,40?,41?,42?,43+,44-,45?,46+,47-,48-,49?,50?,52+,53-,54+,56?,62?/m1/s1. The van der Waals surface area contributed by atoms with Crippen LogP contribution in [0.3, 0.4) is 0 Å². The second kappa shape index (κ2) is 28.4. The number of aromatic hydroxyl groups is 1. The zero-order valence-electron chi connectivity index (χ0n) is 47.4. The van der Waals surface area contributed by atoms with Crippen molar-refractivity contribution >= 4 is 58.0 Å². The number of carbonyl (C=O) groups excluding carboxylic acids is 2. The maximum atomic E-state index is 13.9. The van der Waals surface area contributed by atoms with E-state index in [1.54, 1.807) is 50.1 Å². The summed E-state index contributed by atoms with van der Waals surface area (Å²) in [5, 5.41) is 81.8. The highest BCUT2D eigenvalue weighted by Crippen LogP contribution is 2.57. The largest absolute Gasteiger partial charge is 0.508 e. The van der Waals surface area contributed by atoms with Gasteiger partial charge in [0.25, 0.3) is 5.17 Å². The van der Waals surface area contributed by atoms with Crippen LogP contribution in [0, 0.1) is 11.8 Å². The molecule has 10 unspecified atom stereocenters. The van der Waals surface area contributed by atoms with Crippen LogP contribution in [-0.4, -0.2) is 251 Å². The third kappa shape index (κ3) is 13.8. The summed E-state index contributed by atoms with van der Waals surface area (Å²) < 4.78 is 68.4. The highest BCUT2D eigenvalue weighted by Gasteiger charge is 2.59. The molecule has 3 fully saturated rings. The molecule has 19 atom stereocenters. The molecule has 0 amide bonds. The number of hydrogen-bond acceptors (Lipinski definition) is 23. The summed E-state index contributed by atoms with van der Waals surface area (Å²) in [6.07, 6.45) is -16.0. The van der Waals surface area contributed by atoms with Gasteiger partial charge in [0, 0.05) is 61.6 Å². The van der Waals surface area contributed by atoms with Gasteiger partial charge in [-0.1, -0.05) is 44.5 Å². The second-order valence-corrected chi connectivity index (χ2v) is 22.8. The van der Waals surface area contributed by atoms with Crippen LogP contribution in [0.5, 0.6) is 11.5 Å². The molecule has 27 heteroatoms. The highest BCUT2D eigenvalue weighted by atomic mass is 35.5. The number of ether oxygens (including phenoxy) is 11. The Labute approximate surface area is 497 Å². The molecule has 6 aliphatic rings. The van der Waals surface area contributed by atoms with E-state index in [0.29, 0.717) is 47.9 Å². The van der Waals surface area contributed by atoms with Crippen LogP contribution in [-0.2, 0) is 57.8 Å². The van der Waals surface area contributed by atoms with Crippen molar-refractivity contribution < 1.29 is 102 Å². The molecule has 1 spiro atoms. The smallest absolute Gasteiger partial charge is 0.339 e. The third-order valence-corrected chi connectivity index (χ3v) is 17.7. The minimum absolute atomic E-state index is 0.0439. The average Bonchev–Trinajstić information content (AvgIpc) is 1.82. The number of phenols is 1. The van der Waals surface area contributed by atoms with Crippen molar-refractivity contribution in [3.63, 3.8) is 0 Å². The minimum Gasteiger partial charge on any atom is -0.508 e. The number of fused-ring (bicyclic) bond motifs is 6. The van der Waals surface area contributed by atoms with Gasteiger partial charge in [0.05, 0.1) is 62.2 Å². The van der Waals surface area contributed by atoms with Gasteiger partial charge in [0.1, 0.15) is 92.0 Å². The number of likely N-dealkylation sites (N-methyl/N-ethyl adjacent to an activating group) is 2. The first-order valence-electron chi connectivity index (χ1n) is 27.9. The predicted octanol–water partition coefficient (Wildman–Crippen LogP) is 1.83. The molecule has 2 aromatic carbocycles. The lowest BCUT2D eigenvalue weighted by atomic mass is 9.71. The Bertz CT molecular complexity index is 2620. The van der Waals surface area contributed by atoms with Crippen LogP contribution in [0.15, 0.2) is 60.4 Å². The summed E-state index contributed by atoms with van der Waals surface area (Å²) in [7, 11) is 3.14. The number of phenolic OH excluding ortho intramolecular Hbond substituents is 1. The highest BCUT2D eigenvalue weighted by molar-refractivity contribution is 7.80. The molecule has 8 rings (SSSR count). The van der Waals surface area contributed by atoms with Gasteiger partial charge >= 0.3 is 5.97 Å². The van der Waals surface area contributed by atoms with Gasteiger partial charge in [-0.25, -0.2) is 4.79 Å². The van der Waals surface area contributed by atoms with E-state index in [0.717, 1.165) is 13.1 Å². The van der Waals surface area contributed by atoms with E-state index in [1.807, 2.05) is 6.92 Å². The van der Waals surface area contributed by atoms with Gasteiger partial charge in [-0.2, -0.15) is 0 Å². The number of anilines is 1. The maximum Gasteiger partial charge on any atom is 0.339 e. The van der Waals surface area contributed by atoms with Gasteiger partial charge in [-0.05, 0) is 63.5 Å². The number of benzene rings is 2. The van der Waals surface area contributed by atoms with Crippen molar-refractivity contribution in [3.05, 3.63) is 77.1 Å². The molecule has 0 aromatic heterocycles. The van der Waals surface area contributed by atoms with Gasteiger partial charge in [0.15, 0.2) is 36.3 Å². The molecule has 0 saturated carbocycles. The number of nitrogens with one attached hydrogen (secondary N) is 1. The van der Waals surface area contributed by atoms with Gasteiger partial charge in [-0.15, -0.1) is 11.6 Å². The summed E-state index contributed by atoms with van der Waals surface area (Å²) in [5.74, 6) is -2.11. The number of allylic oxidation sites excluding steroid dienone is 2. The monoisotopic (exact) mass is 1230 g/mol. The van der Waals surface area contributed by atoms with Gasteiger partial charge in [0.2, 0.25) is 0 Å². The van der Waals surface area contributed by atoms with Crippen LogP contribution in [0.1, 0.15) is 56.1 Å². The zero-order chi connectivity index (χ0) is 60.1. The number of halogens is 2. The van der Waals surface area contributed by atoms with E-state index in [4.69, 9.17) is 87.5 Å². The van der Waals surface area contributed by atoms with Crippen LogP contribution in [0.25, 0.3) is 0 Å². The SMILES string of the molecule is CCN(CC)C[N+](CC)(CCl)CCOC1[C@H](OC)OC(CO)[C@@H](O[C@@H]2OC(COC(=S)Nc3ccc4c(c3)C(=O)OC43c4ccc(O)cc4OC4=CC(=O)C=CC43)[C@@H](O[C@@H]3OC(CO)[C@@H](C)[C@H](O)C3OCCN(C)C(C)Cl)[C@H](O)C2O)[C@@H]1O. The van der Waals surface area contributed by atoms with Crippen molar-refractivity contribution in [2.24, 2.45) is 11.8 Å². The number of rotatable bonds is 25. The summed E-state index contributed by atoms with van der Waals surface area (Å²) in [6, 6.07) is 9.50. The number of hydrogen-bond donors (Lipinski definition) is 8. The first-order valence-corrected chi connectivity index (χ1v) is 29.3. The number of ketones is 1. The maximum absolute atomic E-state index is 13.9. The zero-order valence-corrected chi connectivity index (χ0v) is 49.8. The fraction of sp³-hybridized carbons (Fsp3) is 0.661. The summed E-state index contributed by atoms with van der Waals surface area (Å²) in [4.78, 5) is 30.5. The molecular formula is C56H79Cl2N4O20S+. The normalized spacial score (nSPS) is 34.1. The number of carbonyl (C=O) groups is 2. The topological polar surface area (TPSA) is 296 Å². The first kappa shape index (κ1) is 65.2. The number of thiocarbonyl (C=S) groups is 1. The number of aliphatic hydroxyl groups excluding tert-OH is 6. The Balaban J connectivity index is 1.04. The molecule has 462 valence electrons. The van der Waals surface area contributed by atoms with E-state index in [1.165, 1.54) is 37.5 Å². The Morgan fingerprint density at radius 2 is 1.52 bits per heavy atom. The molecule has 3 saturated heterocycles. The lowest BCUT2D eigenvalue weighted by molar-refractivity contribution is -0.926. The molecule has 8 N–H and O–H groups in total. The fourth-order valence-electron chi connectivity index (χ4n) is 11.3. The number of aliphatic hydroxyl groups is 6. The molecule has 0 radical (unpaired) electrons. The van der Waals surface area contributed by atoms with Crippen molar-refractivity contribution in [3.8, 4) is 11.5 Å². The van der Waals surface area contributed by atoms with Crippen LogP contribution >= 0.6 is 35.4 Å². The Kier molecular flexibility index (Phi) is 22.3. The first-order chi connectivity index (χ1) is 39.7. The van der Waals surface area contributed by atoms with Crippen LogP contribution in [0.4, 0.5) is 5.69 Å². The third-order valence-electron chi connectivity index (χ3n) is 16.6. The van der Waals surface area contributed by atoms with E-state index < -0.39 is 129 Å². The lowest BCUT2D eigenvalue weighted by Gasteiger charge is -2.49. The van der Waals surface area contributed by atoms with E-state index in [2.05, 4.69) is 24.1 Å². The fourth-order valence-corrected chi connectivity index (χ4v) is 12.0. The molecule has 2 aromatic rings. The van der Waals surface area contributed by atoms with Crippen LogP contribution < -0.4 is 10.1 Å². The molecular weight excluding hydrogens is 1150 g/mol. The van der Waals surface area contributed by atoms with Crippen LogP contribution in [0.2, 0.25) is 0 Å². The van der Waals surface area contributed by atoms with E-state index in [9.17, 15) is 45.3 Å². The second-order valence-electron chi connectivity index (χ2n) is 21.6. The molecule has 5 heterocycles. The molecule has 24 nitrogen and oxygen atoms in total. The Hall–Kier alpha value is -3.75. The quantitative estimate of drug-likeness (QED) is 0.0176. The number of esters is 1. The number of alkyl halides is 2. The van der Waals surface area contributed by atoms with Gasteiger partial charge in [-0.3, -0.25) is 19.1 Å². The predicted molar refractivity (Wildman–Crippen MR) is 301 cm³/mol.